The molecule has 0 aliphatic heterocycles. The van der Waals surface area contributed by atoms with Crippen molar-refractivity contribution in [2.75, 3.05) is 0 Å². The number of fused-ring (bicyclic) bond motifs is 3. The number of benzene rings is 8. The first-order chi connectivity index (χ1) is 27.6. The van der Waals surface area contributed by atoms with Crippen LogP contribution in [0.4, 0.5) is 0 Å². The van der Waals surface area contributed by atoms with Crippen LogP contribution in [0.25, 0.3) is 101 Å². The van der Waals surface area contributed by atoms with Crippen molar-refractivity contribution in [3.05, 3.63) is 200 Å². The fraction of sp³-hybridized carbons (Fsp3) is 0.0192. The van der Waals surface area contributed by atoms with E-state index >= 15 is 0 Å². The van der Waals surface area contributed by atoms with Crippen LogP contribution >= 0.6 is 0 Å². The second kappa shape index (κ2) is 14.1. The maximum absolute atomic E-state index is 6.57. The van der Waals surface area contributed by atoms with E-state index in [9.17, 15) is 0 Å². The van der Waals surface area contributed by atoms with Gasteiger partial charge in [-0.05, 0) is 75.7 Å². The molecule has 264 valence electrons. The van der Waals surface area contributed by atoms with Crippen molar-refractivity contribution < 1.29 is 4.42 Å². The minimum atomic E-state index is 0.588. The summed E-state index contributed by atoms with van der Waals surface area (Å²) in [5, 5.41) is 2.13. The van der Waals surface area contributed by atoms with E-state index in [4.69, 9.17) is 19.4 Å². The van der Waals surface area contributed by atoms with Crippen molar-refractivity contribution in [1.29, 1.82) is 0 Å². The summed E-state index contributed by atoms with van der Waals surface area (Å²) in [6.45, 7) is 2.11. The highest BCUT2D eigenvalue weighted by Gasteiger charge is 2.17. The Bertz CT molecular complexity index is 3000. The van der Waals surface area contributed by atoms with Crippen LogP contribution in [-0.4, -0.2) is 15.0 Å². The number of hydrogen-bond acceptors (Lipinski definition) is 4. The molecule has 0 atom stereocenters. The molecule has 0 aliphatic rings. The molecule has 0 spiro atoms. The van der Waals surface area contributed by atoms with Crippen molar-refractivity contribution >= 4 is 21.9 Å². The van der Waals surface area contributed by atoms with Gasteiger partial charge in [0.15, 0.2) is 17.5 Å². The number of rotatable bonds is 7. The van der Waals surface area contributed by atoms with E-state index < -0.39 is 0 Å². The Labute approximate surface area is 325 Å². The molecule has 2 heterocycles. The zero-order valence-electron chi connectivity index (χ0n) is 30.7. The van der Waals surface area contributed by atoms with Crippen LogP contribution < -0.4 is 0 Å². The summed E-state index contributed by atoms with van der Waals surface area (Å²) < 4.78 is 6.57. The Hall–Kier alpha value is -7.43. The fourth-order valence-electron chi connectivity index (χ4n) is 7.54. The average molecular weight is 718 g/mol. The van der Waals surface area contributed by atoms with Crippen LogP contribution in [0.15, 0.2) is 199 Å². The molecule has 10 aromatic rings. The number of aryl methyl sites for hydroxylation is 1. The summed E-state index contributed by atoms with van der Waals surface area (Å²) >= 11 is 0. The molecule has 0 saturated heterocycles. The molecule has 0 bridgehead atoms. The summed E-state index contributed by atoms with van der Waals surface area (Å²) in [5.41, 5.74) is 14.9. The van der Waals surface area contributed by atoms with Gasteiger partial charge in [0.05, 0.1) is 0 Å². The normalized spacial score (nSPS) is 11.3. The first-order valence-corrected chi connectivity index (χ1v) is 18.8. The Morgan fingerprint density at radius 3 is 1.45 bits per heavy atom. The second-order valence-electron chi connectivity index (χ2n) is 14.1. The van der Waals surface area contributed by atoms with Crippen LogP contribution in [0.2, 0.25) is 0 Å². The molecule has 8 aromatic carbocycles. The van der Waals surface area contributed by atoms with Crippen molar-refractivity contribution in [2.45, 2.75) is 6.92 Å². The predicted octanol–water partition coefficient (Wildman–Crippen LogP) is 13.7. The molecule has 0 N–H and O–H groups in total. The van der Waals surface area contributed by atoms with Crippen LogP contribution in [-0.2, 0) is 0 Å². The first kappa shape index (κ1) is 33.2. The molecule has 4 heteroatoms. The van der Waals surface area contributed by atoms with Gasteiger partial charge in [-0.15, -0.1) is 0 Å². The smallest absolute Gasteiger partial charge is 0.164 e. The molecule has 0 unspecified atom stereocenters. The third-order valence-electron chi connectivity index (χ3n) is 10.4. The Morgan fingerprint density at radius 1 is 0.321 bits per heavy atom. The zero-order valence-corrected chi connectivity index (χ0v) is 30.7. The van der Waals surface area contributed by atoms with Gasteiger partial charge in [-0.25, -0.2) is 15.0 Å². The predicted molar refractivity (Wildman–Crippen MR) is 230 cm³/mol. The molecule has 0 amide bonds. The topological polar surface area (TPSA) is 51.8 Å². The van der Waals surface area contributed by atoms with Crippen molar-refractivity contribution in [3.63, 3.8) is 0 Å². The SMILES string of the molecule is Cc1cccc(-c2ccc(-c3nc(-c4ccccc4)nc(-c4ccc5c(c4)oc4cccc(-c6cccc(-c7ccc(-c8ccccc8)cc7)c6)c45)n3)cc2)c1. The first-order valence-electron chi connectivity index (χ1n) is 18.8. The van der Waals surface area contributed by atoms with Gasteiger partial charge in [0.25, 0.3) is 0 Å². The monoisotopic (exact) mass is 717 g/mol. The van der Waals surface area contributed by atoms with Gasteiger partial charge >= 0.3 is 0 Å². The Kier molecular flexibility index (Phi) is 8.34. The standard InChI is InChI=1S/C52H35N3O/c1-34-11-8-16-41(31-34)37-25-27-40(28-26-37)51-53-50(39-14-6-3-7-15-39)54-52(55-51)44-29-30-46-48(33-44)56-47-20-10-19-45(49(46)47)43-18-9-17-42(32-43)38-23-21-36(22-24-38)35-12-4-2-5-13-35/h2-33H,1H3. The molecule has 0 fully saturated rings. The molecule has 0 radical (unpaired) electrons. The summed E-state index contributed by atoms with van der Waals surface area (Å²) in [4.78, 5) is 15.0. The average Bonchev–Trinajstić information content (AvgIpc) is 3.65. The third-order valence-corrected chi connectivity index (χ3v) is 10.4. The number of aromatic nitrogens is 3. The molecule has 0 aliphatic carbocycles. The molecule has 10 rings (SSSR count). The summed E-state index contributed by atoms with van der Waals surface area (Å²) in [6, 6.07) is 67.6. The zero-order chi connectivity index (χ0) is 37.4. The highest BCUT2D eigenvalue weighted by atomic mass is 16.3. The Balaban J connectivity index is 1.02. The fourth-order valence-corrected chi connectivity index (χ4v) is 7.54. The minimum absolute atomic E-state index is 0.588. The maximum atomic E-state index is 6.57. The second-order valence-corrected chi connectivity index (χ2v) is 14.1. The van der Waals surface area contributed by atoms with E-state index in [0.717, 1.165) is 55.3 Å². The van der Waals surface area contributed by atoms with Crippen LogP contribution in [0.3, 0.4) is 0 Å². The summed E-state index contributed by atoms with van der Waals surface area (Å²) in [5.74, 6) is 1.83. The minimum Gasteiger partial charge on any atom is -0.456 e. The Morgan fingerprint density at radius 2 is 0.786 bits per heavy atom. The van der Waals surface area contributed by atoms with Gasteiger partial charge in [-0.1, -0.05) is 175 Å². The van der Waals surface area contributed by atoms with Gasteiger partial charge in [-0.2, -0.15) is 0 Å². The van der Waals surface area contributed by atoms with Gasteiger partial charge in [0.1, 0.15) is 11.2 Å². The molecule has 4 nitrogen and oxygen atoms in total. The number of nitrogens with zero attached hydrogens (tertiary/aromatic N) is 3. The maximum Gasteiger partial charge on any atom is 0.164 e. The van der Waals surface area contributed by atoms with Gasteiger partial charge < -0.3 is 4.42 Å². The summed E-state index contributed by atoms with van der Waals surface area (Å²) in [7, 11) is 0. The van der Waals surface area contributed by atoms with Crippen LogP contribution in [0.1, 0.15) is 5.56 Å². The quantitative estimate of drug-likeness (QED) is 0.165. The van der Waals surface area contributed by atoms with E-state index in [1.54, 1.807) is 0 Å². The highest BCUT2D eigenvalue weighted by Crippen LogP contribution is 2.39. The third kappa shape index (κ3) is 6.33. The number of hydrogen-bond donors (Lipinski definition) is 0. The largest absolute Gasteiger partial charge is 0.456 e. The molecular formula is C52H35N3O. The van der Waals surface area contributed by atoms with E-state index in [2.05, 4.69) is 159 Å². The molecule has 0 saturated carbocycles. The summed E-state index contributed by atoms with van der Waals surface area (Å²) in [6.07, 6.45) is 0. The van der Waals surface area contributed by atoms with E-state index in [-0.39, 0.29) is 0 Å². The van der Waals surface area contributed by atoms with E-state index in [1.807, 2.05) is 42.5 Å². The lowest BCUT2D eigenvalue weighted by Gasteiger charge is -2.10. The van der Waals surface area contributed by atoms with Gasteiger partial charge in [0.2, 0.25) is 0 Å². The van der Waals surface area contributed by atoms with Gasteiger partial charge in [-0.3, -0.25) is 0 Å². The lowest BCUT2D eigenvalue weighted by Crippen LogP contribution is -2.00. The molecule has 2 aromatic heterocycles. The molecular weight excluding hydrogens is 683 g/mol. The van der Waals surface area contributed by atoms with Crippen molar-refractivity contribution in [2.24, 2.45) is 0 Å². The lowest BCUT2D eigenvalue weighted by molar-refractivity contribution is 0.669. The van der Waals surface area contributed by atoms with Crippen LogP contribution in [0.5, 0.6) is 0 Å². The van der Waals surface area contributed by atoms with Gasteiger partial charge in [0, 0.05) is 27.5 Å². The van der Waals surface area contributed by atoms with Crippen LogP contribution in [0, 0.1) is 6.92 Å². The number of furan rings is 1. The molecule has 56 heavy (non-hydrogen) atoms. The highest BCUT2D eigenvalue weighted by molar-refractivity contribution is 6.13. The van der Waals surface area contributed by atoms with Crippen molar-refractivity contribution in [3.8, 4) is 78.7 Å². The van der Waals surface area contributed by atoms with E-state index in [0.29, 0.717) is 17.5 Å². The van der Waals surface area contributed by atoms with Crippen molar-refractivity contribution in [1.82, 2.24) is 15.0 Å². The van der Waals surface area contributed by atoms with E-state index in [1.165, 1.54) is 33.4 Å². The lowest BCUT2D eigenvalue weighted by atomic mass is 9.95.